The molecule has 1 aromatic carbocycles. The minimum atomic E-state index is -0.0687. The number of nitrogens with one attached hydrogen (secondary N) is 1. The van der Waals surface area contributed by atoms with E-state index in [2.05, 4.69) is 55.0 Å². The summed E-state index contributed by atoms with van der Waals surface area (Å²) in [6.07, 6.45) is 7.04. The molecule has 1 fully saturated rings. The second-order valence-corrected chi connectivity index (χ2v) is 9.84. The quantitative estimate of drug-likeness (QED) is 0.546. The molecule has 0 saturated carbocycles. The molecule has 2 aromatic heterocycles. The molecule has 1 atom stereocenters. The lowest BCUT2D eigenvalue weighted by Crippen LogP contribution is -2.55. The highest BCUT2D eigenvalue weighted by Crippen LogP contribution is 2.37. The third kappa shape index (κ3) is 4.50. The minimum absolute atomic E-state index is 0.0369. The third-order valence-electron chi connectivity index (χ3n) is 5.83. The maximum atomic E-state index is 13.7. The number of likely N-dealkylation sites (tertiary alicyclic amines) is 1. The molecule has 1 N–H and O–H groups in total. The average Bonchev–Trinajstić information content (AvgIpc) is 2.73. The van der Waals surface area contributed by atoms with E-state index in [1.165, 1.54) is 0 Å². The van der Waals surface area contributed by atoms with Crippen LogP contribution >= 0.6 is 27.5 Å². The fraction of sp³-hybridized carbons (Fsp3) is 0.409. The first-order chi connectivity index (χ1) is 14.8. The van der Waals surface area contributed by atoms with E-state index in [0.29, 0.717) is 40.7 Å². The number of halogens is 2. The Morgan fingerprint density at radius 2 is 1.97 bits per heavy atom. The highest BCUT2D eigenvalue weighted by Gasteiger charge is 2.40. The van der Waals surface area contributed by atoms with Gasteiger partial charge in [-0.3, -0.25) is 9.78 Å². The molecular formula is C22H24BrClN6O. The van der Waals surface area contributed by atoms with Gasteiger partial charge < -0.3 is 10.2 Å². The molecule has 1 aliphatic heterocycles. The fourth-order valence-corrected chi connectivity index (χ4v) is 4.55. The molecule has 1 saturated heterocycles. The lowest BCUT2D eigenvalue weighted by Gasteiger charge is -2.46. The van der Waals surface area contributed by atoms with Crippen LogP contribution in [0.2, 0.25) is 5.02 Å². The van der Waals surface area contributed by atoms with E-state index in [1.54, 1.807) is 30.7 Å². The molecule has 0 aliphatic carbocycles. The van der Waals surface area contributed by atoms with Gasteiger partial charge in [-0.1, -0.05) is 25.4 Å². The van der Waals surface area contributed by atoms with Gasteiger partial charge in [0.25, 0.3) is 5.91 Å². The number of benzene rings is 1. The first kappa shape index (κ1) is 21.9. The maximum absolute atomic E-state index is 13.7. The number of hydrogen-bond acceptors (Lipinski definition) is 6. The fourth-order valence-electron chi connectivity index (χ4n) is 4.15. The van der Waals surface area contributed by atoms with Gasteiger partial charge in [0.15, 0.2) is 0 Å². The SMILES string of the molecule is Cc1cnc2c(C(=O)N3CCCC(C)(C)C3CNc3ncc(Br)cn3)ccc(Cl)c2n1. The topological polar surface area (TPSA) is 83.9 Å². The Hall–Kier alpha value is -2.32. The summed E-state index contributed by atoms with van der Waals surface area (Å²) in [7, 11) is 0. The molecular weight excluding hydrogens is 480 g/mol. The van der Waals surface area contributed by atoms with Gasteiger partial charge in [0.2, 0.25) is 5.95 Å². The summed E-state index contributed by atoms with van der Waals surface area (Å²) in [6, 6.07) is 3.44. The number of anilines is 1. The number of rotatable bonds is 4. The Morgan fingerprint density at radius 1 is 1.23 bits per heavy atom. The maximum Gasteiger partial charge on any atom is 0.256 e. The number of fused-ring (bicyclic) bond motifs is 1. The molecule has 0 radical (unpaired) electrons. The molecule has 3 heterocycles. The minimum Gasteiger partial charge on any atom is -0.352 e. The van der Waals surface area contributed by atoms with Gasteiger partial charge in [-0.05, 0) is 53.2 Å². The number of carbonyl (C=O) groups excluding carboxylic acids is 1. The molecule has 1 amide bonds. The second-order valence-electron chi connectivity index (χ2n) is 8.52. The summed E-state index contributed by atoms with van der Waals surface area (Å²) < 4.78 is 0.818. The number of piperidine rings is 1. The van der Waals surface area contributed by atoms with Crippen molar-refractivity contribution in [2.75, 3.05) is 18.4 Å². The summed E-state index contributed by atoms with van der Waals surface area (Å²) in [5, 5.41) is 3.79. The zero-order valence-electron chi connectivity index (χ0n) is 17.7. The van der Waals surface area contributed by atoms with Crippen LogP contribution in [-0.4, -0.2) is 49.9 Å². The summed E-state index contributed by atoms with van der Waals surface area (Å²) in [5.74, 6) is 0.478. The van der Waals surface area contributed by atoms with Crippen LogP contribution in [0.5, 0.6) is 0 Å². The van der Waals surface area contributed by atoms with E-state index in [0.717, 1.165) is 23.0 Å². The number of aromatic nitrogens is 4. The van der Waals surface area contributed by atoms with Crippen LogP contribution in [-0.2, 0) is 0 Å². The Labute approximate surface area is 194 Å². The smallest absolute Gasteiger partial charge is 0.256 e. The van der Waals surface area contributed by atoms with Crippen molar-refractivity contribution in [2.24, 2.45) is 5.41 Å². The van der Waals surface area contributed by atoms with Gasteiger partial charge >= 0.3 is 0 Å². The number of hydrogen-bond donors (Lipinski definition) is 1. The molecule has 3 aromatic rings. The standard InChI is InChI=1S/C22H24BrClN6O/c1-13-9-25-18-15(5-6-16(24)19(18)29-13)20(31)30-8-4-7-22(2,3)17(30)12-28-21-26-10-14(23)11-27-21/h5-6,9-11,17H,4,7-8,12H2,1-3H3,(H,26,27,28). The lowest BCUT2D eigenvalue weighted by atomic mass is 9.76. The van der Waals surface area contributed by atoms with Gasteiger partial charge in [0.05, 0.1) is 26.8 Å². The van der Waals surface area contributed by atoms with Crippen molar-refractivity contribution < 1.29 is 4.79 Å². The van der Waals surface area contributed by atoms with Crippen LogP contribution in [0.1, 0.15) is 42.7 Å². The zero-order chi connectivity index (χ0) is 22.2. The van der Waals surface area contributed by atoms with Crippen LogP contribution in [0.4, 0.5) is 5.95 Å². The van der Waals surface area contributed by atoms with Crippen LogP contribution in [0, 0.1) is 12.3 Å². The summed E-state index contributed by atoms with van der Waals surface area (Å²) >= 11 is 9.69. The van der Waals surface area contributed by atoms with Crippen molar-refractivity contribution in [3.63, 3.8) is 0 Å². The van der Waals surface area contributed by atoms with E-state index in [9.17, 15) is 4.79 Å². The van der Waals surface area contributed by atoms with Crippen molar-refractivity contribution in [3.05, 3.63) is 51.5 Å². The number of carbonyl (C=O) groups is 1. The molecule has 9 heteroatoms. The molecule has 162 valence electrons. The number of nitrogens with zero attached hydrogens (tertiary/aromatic N) is 5. The Bertz CT molecular complexity index is 1120. The molecule has 7 nitrogen and oxygen atoms in total. The predicted molar refractivity (Wildman–Crippen MR) is 125 cm³/mol. The van der Waals surface area contributed by atoms with E-state index in [4.69, 9.17) is 11.6 Å². The van der Waals surface area contributed by atoms with Crippen molar-refractivity contribution in [1.29, 1.82) is 0 Å². The highest BCUT2D eigenvalue weighted by atomic mass is 79.9. The average molecular weight is 504 g/mol. The van der Waals surface area contributed by atoms with E-state index in [1.807, 2.05) is 11.8 Å². The Kier molecular flexibility index (Phi) is 6.12. The second kappa shape index (κ2) is 8.67. The van der Waals surface area contributed by atoms with Crippen LogP contribution in [0.25, 0.3) is 11.0 Å². The van der Waals surface area contributed by atoms with Crippen molar-refractivity contribution >= 4 is 50.4 Å². The van der Waals surface area contributed by atoms with Gasteiger partial charge in [0, 0.05) is 31.7 Å². The van der Waals surface area contributed by atoms with E-state index >= 15 is 0 Å². The third-order valence-corrected chi connectivity index (χ3v) is 6.55. The largest absolute Gasteiger partial charge is 0.352 e. The van der Waals surface area contributed by atoms with Gasteiger partial charge in [-0.25, -0.2) is 15.0 Å². The molecule has 0 spiro atoms. The zero-order valence-corrected chi connectivity index (χ0v) is 20.0. The Morgan fingerprint density at radius 3 is 2.71 bits per heavy atom. The van der Waals surface area contributed by atoms with Crippen molar-refractivity contribution in [1.82, 2.24) is 24.8 Å². The number of aryl methyl sites for hydroxylation is 1. The predicted octanol–water partition coefficient (Wildman–Crippen LogP) is 4.89. The van der Waals surface area contributed by atoms with E-state index in [-0.39, 0.29) is 17.4 Å². The summed E-state index contributed by atoms with van der Waals surface area (Å²) in [6.45, 7) is 7.49. The van der Waals surface area contributed by atoms with E-state index < -0.39 is 0 Å². The molecule has 31 heavy (non-hydrogen) atoms. The Balaban J connectivity index is 1.66. The normalized spacial score (nSPS) is 18.2. The van der Waals surface area contributed by atoms with Crippen LogP contribution in [0.3, 0.4) is 0 Å². The summed E-state index contributed by atoms with van der Waals surface area (Å²) in [4.78, 5) is 33.2. The first-order valence-corrected chi connectivity index (χ1v) is 11.4. The summed E-state index contributed by atoms with van der Waals surface area (Å²) in [5.41, 5.74) is 2.31. The highest BCUT2D eigenvalue weighted by molar-refractivity contribution is 9.10. The van der Waals surface area contributed by atoms with Gasteiger partial charge in [0.1, 0.15) is 11.0 Å². The van der Waals surface area contributed by atoms with Gasteiger partial charge in [-0.15, -0.1) is 0 Å². The molecule has 4 rings (SSSR count). The van der Waals surface area contributed by atoms with Crippen LogP contribution in [0.15, 0.2) is 35.2 Å². The van der Waals surface area contributed by atoms with Gasteiger partial charge in [-0.2, -0.15) is 0 Å². The lowest BCUT2D eigenvalue weighted by molar-refractivity contribution is 0.0321. The first-order valence-electron chi connectivity index (χ1n) is 10.2. The monoisotopic (exact) mass is 502 g/mol. The van der Waals surface area contributed by atoms with Crippen molar-refractivity contribution in [2.45, 2.75) is 39.7 Å². The molecule has 0 bridgehead atoms. The molecule has 1 unspecified atom stereocenters. The van der Waals surface area contributed by atoms with Crippen LogP contribution < -0.4 is 5.32 Å². The molecule has 1 aliphatic rings. The van der Waals surface area contributed by atoms with Crippen molar-refractivity contribution in [3.8, 4) is 0 Å². The number of amides is 1.